The first kappa shape index (κ1) is 54.9. The molecular weight excluding hydrogens is 750 g/mol. The fourth-order valence-corrected chi connectivity index (χ4v) is 6.17. The van der Waals surface area contributed by atoms with Gasteiger partial charge >= 0.3 is 13.8 Å². The van der Waals surface area contributed by atoms with Gasteiger partial charge in [0.2, 0.25) is 5.91 Å². The average Bonchev–Trinajstić information content (AvgIpc) is 3.21. The highest BCUT2D eigenvalue weighted by atomic mass is 31.2. The maximum Gasteiger partial charge on any atom is 0.472 e. The van der Waals surface area contributed by atoms with Crippen molar-refractivity contribution >= 4 is 19.7 Å². The molecule has 0 aliphatic carbocycles. The number of phosphoric ester groups is 1. The highest BCUT2D eigenvalue weighted by molar-refractivity contribution is 7.47. The van der Waals surface area contributed by atoms with E-state index in [0.717, 1.165) is 96.3 Å². The lowest BCUT2D eigenvalue weighted by molar-refractivity contribution is -0.147. The zero-order chi connectivity index (χ0) is 42.5. The number of aliphatic hydroxyl groups is 1. The number of ether oxygens (including phenoxy) is 1. The number of rotatable bonds is 40. The lowest BCUT2D eigenvalue weighted by Gasteiger charge is -2.15. The van der Waals surface area contributed by atoms with E-state index >= 15 is 0 Å². The molecule has 2 unspecified atom stereocenters. The van der Waals surface area contributed by atoms with Crippen molar-refractivity contribution in [2.45, 2.75) is 168 Å². The van der Waals surface area contributed by atoms with Gasteiger partial charge in [0, 0.05) is 19.4 Å². The van der Waals surface area contributed by atoms with E-state index in [-0.39, 0.29) is 32.1 Å². The number of phosphoric acid groups is 1. The van der Waals surface area contributed by atoms with Gasteiger partial charge in [-0.1, -0.05) is 150 Å². The predicted octanol–water partition coefficient (Wildman–Crippen LogP) is 12.6. The van der Waals surface area contributed by atoms with E-state index in [2.05, 4.69) is 116 Å². The summed E-state index contributed by atoms with van der Waals surface area (Å²) in [5.41, 5.74) is 0. The van der Waals surface area contributed by atoms with Crippen LogP contribution in [0.1, 0.15) is 162 Å². The molecule has 0 bridgehead atoms. The molecule has 9 nitrogen and oxygen atoms in total. The van der Waals surface area contributed by atoms with Gasteiger partial charge in [-0.2, -0.15) is 0 Å². The lowest BCUT2D eigenvalue weighted by atomic mass is 10.1. The van der Waals surface area contributed by atoms with Crippen molar-refractivity contribution < 1.29 is 37.9 Å². The second-order valence-electron chi connectivity index (χ2n) is 14.3. The molecule has 0 aromatic heterocycles. The molecule has 0 aliphatic rings. The minimum Gasteiger partial charge on any atom is -0.463 e. The van der Waals surface area contributed by atoms with Crippen LogP contribution in [0.5, 0.6) is 0 Å². The summed E-state index contributed by atoms with van der Waals surface area (Å²) in [6, 6.07) is 0. The standard InChI is InChI=1S/C48H80NO8P/c1-3-5-7-9-11-13-15-17-19-21-22-23-24-25-27-29-31-33-35-37-39-41-48(52)55-44-46(50)45-57-58(53,54)56-43-42-49-47(51)40-38-36-34-32-30-28-26-20-18-16-14-12-10-8-6-4-2/h5,7,11,13-14,16-17,19-20,22-23,25-27,31,33,46,50H,3-4,6,8-10,12,15,18,21,24,28-30,32,34-45H2,1-2H3,(H,49,51)(H,53,54)/b7-5-,13-11-,16-14-,19-17-,23-22-,26-20-,27-25-,33-31-. The van der Waals surface area contributed by atoms with Gasteiger partial charge in [0.1, 0.15) is 12.7 Å². The number of allylic oxidation sites excluding steroid dienone is 16. The van der Waals surface area contributed by atoms with Crippen LogP contribution < -0.4 is 5.32 Å². The number of carbonyl (C=O) groups is 2. The van der Waals surface area contributed by atoms with Crippen LogP contribution in [0.15, 0.2) is 97.2 Å². The molecule has 0 aromatic carbocycles. The van der Waals surface area contributed by atoms with Crippen LogP contribution in [-0.2, 0) is 27.9 Å². The van der Waals surface area contributed by atoms with Crippen molar-refractivity contribution in [1.29, 1.82) is 0 Å². The van der Waals surface area contributed by atoms with Gasteiger partial charge in [-0.15, -0.1) is 0 Å². The van der Waals surface area contributed by atoms with E-state index in [0.29, 0.717) is 12.8 Å². The van der Waals surface area contributed by atoms with Crippen LogP contribution in [0.4, 0.5) is 0 Å². The Kier molecular flexibility index (Phi) is 41.2. The summed E-state index contributed by atoms with van der Waals surface area (Å²) >= 11 is 0. The summed E-state index contributed by atoms with van der Waals surface area (Å²) < 4.78 is 26.8. The van der Waals surface area contributed by atoms with E-state index in [9.17, 15) is 24.2 Å². The second-order valence-corrected chi connectivity index (χ2v) is 15.7. The molecule has 0 aliphatic heterocycles. The molecule has 1 amide bonds. The molecule has 10 heteroatoms. The predicted molar refractivity (Wildman–Crippen MR) is 242 cm³/mol. The maximum atomic E-state index is 12.1. The van der Waals surface area contributed by atoms with Crippen molar-refractivity contribution in [2.75, 3.05) is 26.4 Å². The molecule has 0 aromatic rings. The largest absolute Gasteiger partial charge is 0.472 e. The Labute approximate surface area is 353 Å². The van der Waals surface area contributed by atoms with Crippen molar-refractivity contribution in [3.63, 3.8) is 0 Å². The summed E-state index contributed by atoms with van der Waals surface area (Å²) in [7, 11) is -4.44. The van der Waals surface area contributed by atoms with Gasteiger partial charge in [-0.25, -0.2) is 4.57 Å². The Bertz CT molecular complexity index is 1270. The minimum atomic E-state index is -4.44. The highest BCUT2D eigenvalue weighted by Gasteiger charge is 2.23. The minimum absolute atomic E-state index is 0.0629. The summed E-state index contributed by atoms with van der Waals surface area (Å²) in [5.74, 6) is -0.583. The van der Waals surface area contributed by atoms with E-state index in [4.69, 9.17) is 13.8 Å². The van der Waals surface area contributed by atoms with Gasteiger partial charge in [0.25, 0.3) is 0 Å². The molecule has 58 heavy (non-hydrogen) atoms. The van der Waals surface area contributed by atoms with Crippen molar-refractivity contribution in [3.8, 4) is 0 Å². The van der Waals surface area contributed by atoms with Crippen molar-refractivity contribution in [3.05, 3.63) is 97.2 Å². The number of hydrogen-bond donors (Lipinski definition) is 3. The molecule has 3 N–H and O–H groups in total. The van der Waals surface area contributed by atoms with Crippen LogP contribution in [0.25, 0.3) is 0 Å². The monoisotopic (exact) mass is 830 g/mol. The van der Waals surface area contributed by atoms with E-state index in [1.807, 2.05) is 0 Å². The van der Waals surface area contributed by atoms with Gasteiger partial charge in [0.05, 0.1) is 13.2 Å². The molecule has 0 saturated carbocycles. The SMILES string of the molecule is CC/C=C\C/C=C\C/C=C\C/C=C\C/C=C\C/C=C\CCCCC(=O)OCC(O)COP(=O)(O)OCCNC(=O)CCCCCCC/C=C\C/C=C\CCCCCC. The van der Waals surface area contributed by atoms with E-state index < -0.39 is 26.5 Å². The molecule has 0 spiro atoms. The Balaban J connectivity index is 3.73. The van der Waals surface area contributed by atoms with Gasteiger partial charge in [0.15, 0.2) is 0 Å². The first-order valence-electron chi connectivity index (χ1n) is 22.2. The zero-order valence-electron chi connectivity index (χ0n) is 36.2. The van der Waals surface area contributed by atoms with Crippen LogP contribution in [-0.4, -0.2) is 54.3 Å². The number of hydrogen-bond acceptors (Lipinski definition) is 7. The second kappa shape index (κ2) is 43.5. The molecule has 330 valence electrons. The normalized spacial score (nSPS) is 14.2. The summed E-state index contributed by atoms with van der Waals surface area (Å²) in [4.78, 5) is 33.9. The van der Waals surface area contributed by atoms with Crippen LogP contribution in [0.3, 0.4) is 0 Å². The van der Waals surface area contributed by atoms with Gasteiger partial charge in [-0.05, 0) is 96.3 Å². The topological polar surface area (TPSA) is 131 Å². The van der Waals surface area contributed by atoms with Crippen molar-refractivity contribution in [2.24, 2.45) is 0 Å². The highest BCUT2D eigenvalue weighted by Crippen LogP contribution is 2.42. The zero-order valence-corrected chi connectivity index (χ0v) is 37.1. The van der Waals surface area contributed by atoms with Gasteiger partial charge in [-0.3, -0.25) is 18.6 Å². The van der Waals surface area contributed by atoms with Crippen molar-refractivity contribution in [1.82, 2.24) is 5.32 Å². The number of amides is 1. The number of esters is 1. The molecular formula is C48H80NO8P. The summed E-state index contributed by atoms with van der Waals surface area (Å²) in [6.45, 7) is 3.33. The van der Waals surface area contributed by atoms with Crippen LogP contribution in [0, 0.1) is 0 Å². The number of carbonyl (C=O) groups excluding carboxylic acids is 2. The molecule has 0 heterocycles. The first-order chi connectivity index (χ1) is 28.3. The molecule has 0 fully saturated rings. The Morgan fingerprint density at radius 1 is 0.552 bits per heavy atom. The third-order valence-electron chi connectivity index (χ3n) is 8.75. The molecule has 0 saturated heterocycles. The quantitative estimate of drug-likeness (QED) is 0.0241. The Morgan fingerprint density at radius 2 is 0.983 bits per heavy atom. The molecule has 2 atom stereocenters. The Morgan fingerprint density at radius 3 is 1.50 bits per heavy atom. The summed E-state index contributed by atoms with van der Waals surface area (Å²) in [5, 5.41) is 12.7. The van der Waals surface area contributed by atoms with Crippen LogP contribution >= 0.6 is 7.82 Å². The smallest absolute Gasteiger partial charge is 0.463 e. The number of unbranched alkanes of at least 4 members (excludes halogenated alkanes) is 11. The average molecular weight is 830 g/mol. The molecule has 0 rings (SSSR count). The van der Waals surface area contributed by atoms with Crippen LogP contribution in [0.2, 0.25) is 0 Å². The molecule has 0 radical (unpaired) electrons. The first-order valence-corrected chi connectivity index (χ1v) is 23.7. The van der Waals surface area contributed by atoms with E-state index in [1.54, 1.807) is 0 Å². The van der Waals surface area contributed by atoms with Gasteiger partial charge < -0.3 is 20.1 Å². The van der Waals surface area contributed by atoms with E-state index in [1.165, 1.54) is 32.1 Å². The number of nitrogens with one attached hydrogen (secondary N) is 1. The Hall–Kier alpha value is -3.07. The lowest BCUT2D eigenvalue weighted by Crippen LogP contribution is -2.27. The fourth-order valence-electron chi connectivity index (χ4n) is 5.41. The third kappa shape index (κ3) is 44.0. The third-order valence-corrected chi connectivity index (χ3v) is 9.73. The number of aliphatic hydroxyl groups excluding tert-OH is 1. The maximum absolute atomic E-state index is 12.1. The summed E-state index contributed by atoms with van der Waals surface area (Å²) in [6.07, 6.45) is 56.2. The fraction of sp³-hybridized carbons (Fsp3) is 0.625.